The van der Waals surface area contributed by atoms with Gasteiger partial charge in [-0.15, -0.1) is 0 Å². The largest absolute Gasteiger partial charge is 0.356 e. The molecule has 0 aromatic rings. The fourth-order valence-electron chi connectivity index (χ4n) is 1.29. The zero-order valence-corrected chi connectivity index (χ0v) is 14.3. The molecule has 0 aliphatic heterocycles. The second kappa shape index (κ2) is 11.1. The van der Waals surface area contributed by atoms with Gasteiger partial charge in [0.05, 0.1) is 6.61 Å². The maximum atomic E-state index is 11.3. The number of hydrogen-bond donors (Lipinski definition) is 2. The second-order valence-corrected chi connectivity index (χ2v) is 7.91. The van der Waals surface area contributed by atoms with E-state index in [1.165, 1.54) is 0 Å². The Morgan fingerprint density at radius 1 is 1.37 bits per heavy atom. The summed E-state index contributed by atoms with van der Waals surface area (Å²) in [5, 5.41) is 2.87. The van der Waals surface area contributed by atoms with E-state index in [-0.39, 0.29) is 11.8 Å². The van der Waals surface area contributed by atoms with E-state index in [4.69, 9.17) is 20.3 Å². The molecule has 0 aromatic heterocycles. The Labute approximate surface area is 125 Å². The van der Waals surface area contributed by atoms with Crippen molar-refractivity contribution in [1.82, 2.24) is 5.32 Å². The molecule has 0 aromatic carbocycles. The third-order valence-corrected chi connectivity index (χ3v) is 5.04. The van der Waals surface area contributed by atoms with Gasteiger partial charge in [0.1, 0.15) is 0 Å². The molecule has 0 fully saturated rings. The van der Waals surface area contributed by atoms with Crippen molar-refractivity contribution in [3.05, 3.63) is 0 Å². The smallest absolute Gasteiger partial charge is 0.335 e. The van der Waals surface area contributed by atoms with Crippen LogP contribution >= 0.6 is 18.8 Å². The lowest BCUT2D eigenvalue weighted by Gasteiger charge is -2.13. The molecule has 0 heterocycles. The number of nitrogens with one attached hydrogen (secondary N) is 1. The highest BCUT2D eigenvalue weighted by Gasteiger charge is 2.13. The van der Waals surface area contributed by atoms with E-state index < -0.39 is 6.72 Å². The summed E-state index contributed by atoms with van der Waals surface area (Å²) in [6.45, 7) is 1.84. The van der Waals surface area contributed by atoms with Crippen molar-refractivity contribution in [2.75, 3.05) is 19.4 Å². The maximum absolute atomic E-state index is 11.3. The molecule has 114 valence electrons. The van der Waals surface area contributed by atoms with Crippen LogP contribution in [-0.2, 0) is 25.1 Å². The molecule has 0 saturated heterocycles. The first-order valence-corrected chi connectivity index (χ1v) is 10.1. The molecule has 1 atom stereocenters. The molecule has 8 heteroatoms. The van der Waals surface area contributed by atoms with Crippen LogP contribution < -0.4 is 5.32 Å². The van der Waals surface area contributed by atoms with E-state index >= 15 is 0 Å². The van der Waals surface area contributed by atoms with Gasteiger partial charge in [-0.3, -0.25) is 4.79 Å². The first-order chi connectivity index (χ1) is 8.89. The number of amides is 1. The van der Waals surface area contributed by atoms with E-state index in [1.807, 2.05) is 13.8 Å². The van der Waals surface area contributed by atoms with E-state index in [1.54, 1.807) is 6.26 Å². The highest BCUT2D eigenvalue weighted by atomic mass is 32.5. The van der Waals surface area contributed by atoms with E-state index in [2.05, 4.69) is 5.32 Å². The molecule has 1 unspecified atom stereocenters. The number of carbonyl (C=O) groups is 1. The van der Waals surface area contributed by atoms with E-state index in [9.17, 15) is 9.69 Å². The van der Waals surface area contributed by atoms with Crippen molar-refractivity contribution in [2.24, 2.45) is 5.92 Å². The molecule has 0 radical (unpaired) electrons. The van der Waals surface area contributed by atoms with Gasteiger partial charge in [0.25, 0.3) is 0 Å². The van der Waals surface area contributed by atoms with Crippen molar-refractivity contribution >= 4 is 36.5 Å². The summed E-state index contributed by atoms with van der Waals surface area (Å²) in [4.78, 5) is 20.7. The fraction of sp³-hybridized carbons (Fsp3) is 0.909. The number of unbranched alkanes of at least 4 members (excludes halogenated alkanes) is 3. The summed E-state index contributed by atoms with van der Waals surface area (Å²) < 4.78 is 9.97. The molecule has 0 bridgehead atoms. The van der Waals surface area contributed by atoms with Gasteiger partial charge in [-0.25, -0.2) is 3.97 Å². The third kappa shape index (κ3) is 11.8. The molecular formula is C11H24NO4PS2. The van der Waals surface area contributed by atoms with Crippen LogP contribution in [0.5, 0.6) is 0 Å². The average molecular weight is 329 g/mol. The van der Waals surface area contributed by atoms with Crippen LogP contribution in [0.25, 0.3) is 0 Å². The van der Waals surface area contributed by atoms with Crippen molar-refractivity contribution in [2.45, 2.75) is 39.5 Å². The Hall–Kier alpha value is 0.350. The van der Waals surface area contributed by atoms with Crippen LogP contribution in [0.3, 0.4) is 0 Å². The van der Waals surface area contributed by atoms with Crippen molar-refractivity contribution < 1.29 is 18.2 Å². The Balaban J connectivity index is 3.37. The molecule has 0 saturated carbocycles. The van der Waals surface area contributed by atoms with Gasteiger partial charge in [-0.05, 0) is 36.7 Å². The fourth-order valence-corrected chi connectivity index (χ4v) is 3.35. The normalized spacial score (nSPS) is 14.4. The van der Waals surface area contributed by atoms with Gasteiger partial charge in [-0.2, -0.15) is 0 Å². The Morgan fingerprint density at radius 3 is 2.58 bits per heavy atom. The molecule has 0 aliphatic carbocycles. The number of hydrogen-bond acceptors (Lipinski definition) is 5. The summed E-state index contributed by atoms with van der Waals surface area (Å²) in [6, 6.07) is 0. The summed E-state index contributed by atoms with van der Waals surface area (Å²) in [6.07, 6.45) is 5.46. The molecule has 0 rings (SSSR count). The molecule has 0 aliphatic rings. The lowest BCUT2D eigenvalue weighted by Crippen LogP contribution is -2.28. The van der Waals surface area contributed by atoms with Crippen LogP contribution in [0, 0.1) is 5.92 Å². The topological polar surface area (TPSA) is 67.8 Å². The molecule has 5 nitrogen and oxygen atoms in total. The predicted molar refractivity (Wildman–Crippen MR) is 83.4 cm³/mol. The summed E-state index contributed by atoms with van der Waals surface area (Å²) in [5.74, 6) is 0.136. The minimum absolute atomic E-state index is 0.0403. The molecular weight excluding hydrogens is 305 g/mol. The standard InChI is InChI=1S/C11H24NO4PS2/c1-10(2)11(13)12-8-6-4-5-7-9-15-17(14,18)16-19-3/h10H,4-9H2,1-3H3,(H,12,13)(H,14,18). The average Bonchev–Trinajstić information content (AvgIpc) is 2.31. The van der Waals surface area contributed by atoms with Gasteiger partial charge >= 0.3 is 6.72 Å². The Morgan fingerprint density at radius 2 is 2.00 bits per heavy atom. The Kier molecular flexibility index (Phi) is 11.3. The third-order valence-electron chi connectivity index (χ3n) is 2.32. The first-order valence-electron chi connectivity index (χ1n) is 6.36. The maximum Gasteiger partial charge on any atom is 0.335 e. The molecule has 1 amide bonds. The molecule has 0 spiro atoms. The van der Waals surface area contributed by atoms with Gasteiger partial charge in [0.15, 0.2) is 0 Å². The minimum Gasteiger partial charge on any atom is -0.356 e. The SMILES string of the molecule is CSOP(O)(=S)OCCCCCCNC(=O)C(C)C. The quantitative estimate of drug-likeness (QED) is 0.345. The van der Waals surface area contributed by atoms with Gasteiger partial charge in [-0.1, -0.05) is 26.7 Å². The van der Waals surface area contributed by atoms with Crippen molar-refractivity contribution in [1.29, 1.82) is 0 Å². The van der Waals surface area contributed by atoms with E-state index in [0.717, 1.165) is 37.7 Å². The zero-order valence-electron chi connectivity index (χ0n) is 11.8. The highest BCUT2D eigenvalue weighted by Crippen LogP contribution is 2.46. The second-order valence-electron chi connectivity index (χ2n) is 4.40. The lowest BCUT2D eigenvalue weighted by atomic mass is 10.2. The van der Waals surface area contributed by atoms with E-state index in [0.29, 0.717) is 13.2 Å². The summed E-state index contributed by atoms with van der Waals surface area (Å²) >= 11 is 5.79. The lowest BCUT2D eigenvalue weighted by molar-refractivity contribution is -0.123. The van der Waals surface area contributed by atoms with Crippen LogP contribution in [-0.4, -0.2) is 30.2 Å². The zero-order chi connectivity index (χ0) is 14.7. The summed E-state index contributed by atoms with van der Waals surface area (Å²) in [7, 11) is 0. The Bertz CT molecular complexity index is 302. The van der Waals surface area contributed by atoms with Crippen LogP contribution in [0.15, 0.2) is 0 Å². The predicted octanol–water partition coefficient (Wildman–Crippen LogP) is 2.85. The minimum atomic E-state index is -3.04. The highest BCUT2D eigenvalue weighted by molar-refractivity contribution is 8.12. The van der Waals surface area contributed by atoms with Crippen LogP contribution in [0.2, 0.25) is 0 Å². The number of carbonyl (C=O) groups excluding carboxylic acids is 1. The van der Waals surface area contributed by atoms with Crippen LogP contribution in [0.4, 0.5) is 0 Å². The van der Waals surface area contributed by atoms with Gasteiger partial charge in [0.2, 0.25) is 5.91 Å². The van der Waals surface area contributed by atoms with Crippen molar-refractivity contribution in [3.8, 4) is 0 Å². The number of rotatable bonds is 11. The van der Waals surface area contributed by atoms with Crippen molar-refractivity contribution in [3.63, 3.8) is 0 Å². The van der Waals surface area contributed by atoms with Crippen LogP contribution in [0.1, 0.15) is 39.5 Å². The molecule has 2 N–H and O–H groups in total. The molecule has 19 heavy (non-hydrogen) atoms. The monoisotopic (exact) mass is 329 g/mol. The van der Waals surface area contributed by atoms with Gasteiger partial charge in [0, 0.05) is 18.7 Å². The van der Waals surface area contributed by atoms with Gasteiger partial charge < -0.3 is 14.7 Å². The summed E-state index contributed by atoms with van der Waals surface area (Å²) in [5.41, 5.74) is 0. The first kappa shape index (κ1) is 19.4.